The summed E-state index contributed by atoms with van der Waals surface area (Å²) in [5, 5.41) is 16.7. The molecule has 0 spiro atoms. The van der Waals surface area contributed by atoms with Gasteiger partial charge in [0.25, 0.3) is 0 Å². The zero-order valence-electron chi connectivity index (χ0n) is 20.9. The summed E-state index contributed by atoms with van der Waals surface area (Å²) >= 11 is 0. The van der Waals surface area contributed by atoms with Crippen molar-refractivity contribution in [3.63, 3.8) is 0 Å². The van der Waals surface area contributed by atoms with E-state index >= 15 is 0 Å². The molecule has 0 aliphatic heterocycles. The molecule has 0 saturated carbocycles. The number of carboxylic acid groups (broad SMARTS) is 1. The highest BCUT2D eigenvalue weighted by Crippen LogP contribution is 2.09. The molecule has 3 amide bonds. The van der Waals surface area contributed by atoms with Gasteiger partial charge in [0.2, 0.25) is 5.91 Å². The normalized spacial score (nSPS) is 11.7. The van der Waals surface area contributed by atoms with E-state index in [9.17, 15) is 19.2 Å². The minimum absolute atomic E-state index is 0.102. The van der Waals surface area contributed by atoms with Gasteiger partial charge in [0.05, 0.1) is 0 Å². The number of rotatable bonds is 15. The lowest BCUT2D eigenvalue weighted by Crippen LogP contribution is -2.48. The Kier molecular flexibility index (Phi) is 13.9. The van der Waals surface area contributed by atoms with E-state index in [1.807, 2.05) is 30.3 Å². The monoisotopic (exact) mass is 493 g/mol. The quantitative estimate of drug-likeness (QED) is 0.273. The molecule has 0 saturated heterocycles. The van der Waals surface area contributed by atoms with Crippen molar-refractivity contribution in [1.29, 1.82) is 0 Å². The summed E-state index contributed by atoms with van der Waals surface area (Å²) in [6.45, 7) is 6.16. The fourth-order valence-electron chi connectivity index (χ4n) is 3.07. The van der Waals surface area contributed by atoms with E-state index in [1.54, 1.807) is 20.8 Å². The number of carbonyl (C=O) groups excluding carboxylic acids is 3. The van der Waals surface area contributed by atoms with Crippen molar-refractivity contribution in [2.24, 2.45) is 0 Å². The third kappa shape index (κ3) is 16.0. The Balaban J connectivity index is 2.38. The molecule has 0 aliphatic rings. The molecule has 0 heterocycles. The second-order valence-corrected chi connectivity index (χ2v) is 9.18. The summed E-state index contributed by atoms with van der Waals surface area (Å²) in [5.74, 6) is -1.17. The van der Waals surface area contributed by atoms with Crippen LogP contribution >= 0.6 is 0 Å². The van der Waals surface area contributed by atoms with Gasteiger partial charge < -0.3 is 30.5 Å². The van der Waals surface area contributed by atoms with Crippen LogP contribution < -0.4 is 16.0 Å². The molecule has 35 heavy (non-hydrogen) atoms. The maximum atomic E-state index is 12.6. The average molecular weight is 494 g/mol. The number of aliphatic carboxylic acids is 1. The number of carboxylic acids is 1. The molecule has 1 aromatic rings. The second kappa shape index (κ2) is 16.3. The molecule has 0 fully saturated rings. The van der Waals surface area contributed by atoms with Crippen molar-refractivity contribution in [3.8, 4) is 0 Å². The van der Waals surface area contributed by atoms with Gasteiger partial charge in [0, 0.05) is 19.5 Å². The molecule has 10 nitrogen and oxygen atoms in total. The topological polar surface area (TPSA) is 143 Å². The van der Waals surface area contributed by atoms with Gasteiger partial charge in [-0.2, -0.15) is 0 Å². The second-order valence-electron chi connectivity index (χ2n) is 9.18. The number of unbranched alkanes of at least 4 members (excludes halogenated alkanes) is 3. The third-order valence-electron chi connectivity index (χ3n) is 4.78. The van der Waals surface area contributed by atoms with E-state index in [1.165, 1.54) is 0 Å². The van der Waals surface area contributed by atoms with Crippen molar-refractivity contribution in [1.82, 2.24) is 16.0 Å². The molecule has 0 aliphatic carbocycles. The Morgan fingerprint density at radius 2 is 1.54 bits per heavy atom. The number of alkyl carbamates (subject to hydrolysis) is 2. The van der Waals surface area contributed by atoms with E-state index in [-0.39, 0.29) is 18.9 Å². The van der Waals surface area contributed by atoms with E-state index in [0.29, 0.717) is 51.6 Å². The number of nitrogens with one attached hydrogen (secondary N) is 3. The summed E-state index contributed by atoms with van der Waals surface area (Å²) in [4.78, 5) is 47.2. The summed E-state index contributed by atoms with van der Waals surface area (Å²) in [6.07, 6.45) is 2.32. The van der Waals surface area contributed by atoms with E-state index in [4.69, 9.17) is 14.6 Å². The fraction of sp³-hybridized carbons (Fsp3) is 0.600. The van der Waals surface area contributed by atoms with Gasteiger partial charge in [0.15, 0.2) is 0 Å². The van der Waals surface area contributed by atoms with Crippen LogP contribution in [0.3, 0.4) is 0 Å². The maximum absolute atomic E-state index is 12.6. The summed E-state index contributed by atoms with van der Waals surface area (Å²) in [5.41, 5.74) is 0.200. The molecule has 1 atom stereocenters. The standard InChI is InChI=1S/C25H39N3O7/c1-25(2,3)35-24(33)28-20(22(31)26-16-10-5-8-15-21(29)30)14-9-11-17-27-23(32)34-18-19-12-6-4-7-13-19/h4,6-7,12-13,20H,5,8-11,14-18H2,1-3H3,(H,26,31)(H,27,32)(H,28,33)(H,29,30). The van der Waals surface area contributed by atoms with Crippen LogP contribution in [0, 0.1) is 0 Å². The molecule has 4 N–H and O–H groups in total. The first kappa shape index (κ1) is 29.7. The maximum Gasteiger partial charge on any atom is 0.408 e. The zero-order chi connectivity index (χ0) is 26.1. The summed E-state index contributed by atoms with van der Waals surface area (Å²) in [6, 6.07) is 8.58. The predicted molar refractivity (Wildman–Crippen MR) is 131 cm³/mol. The lowest BCUT2D eigenvalue weighted by Gasteiger charge is -2.23. The number of carbonyl (C=O) groups is 4. The van der Waals surface area contributed by atoms with Crippen molar-refractivity contribution < 1.29 is 33.8 Å². The third-order valence-corrected chi connectivity index (χ3v) is 4.78. The zero-order valence-corrected chi connectivity index (χ0v) is 20.9. The van der Waals surface area contributed by atoms with Crippen LogP contribution in [0.5, 0.6) is 0 Å². The van der Waals surface area contributed by atoms with Gasteiger partial charge in [-0.05, 0) is 58.4 Å². The Labute approximate surface area is 207 Å². The number of amides is 3. The number of ether oxygens (including phenoxy) is 2. The van der Waals surface area contributed by atoms with E-state index in [2.05, 4.69) is 16.0 Å². The predicted octanol–water partition coefficient (Wildman–Crippen LogP) is 3.74. The average Bonchev–Trinajstić information content (AvgIpc) is 2.78. The highest BCUT2D eigenvalue weighted by molar-refractivity contribution is 5.85. The van der Waals surface area contributed by atoms with Crippen LogP contribution in [-0.4, -0.2) is 53.9 Å². The van der Waals surface area contributed by atoms with Crippen LogP contribution in [0.1, 0.15) is 71.3 Å². The molecular weight excluding hydrogens is 454 g/mol. The van der Waals surface area contributed by atoms with Crippen LogP contribution in [0.25, 0.3) is 0 Å². The number of hydrogen-bond acceptors (Lipinski definition) is 6. The van der Waals surface area contributed by atoms with E-state index in [0.717, 1.165) is 5.56 Å². The molecule has 1 rings (SSSR count). The SMILES string of the molecule is CC(C)(C)OC(=O)NC(CCCCNC(=O)OCc1ccccc1)C(=O)NCCCCCC(=O)O. The van der Waals surface area contributed by atoms with Gasteiger partial charge in [-0.1, -0.05) is 36.8 Å². The van der Waals surface area contributed by atoms with Gasteiger partial charge in [-0.15, -0.1) is 0 Å². The van der Waals surface area contributed by atoms with Crippen LogP contribution in [0.15, 0.2) is 30.3 Å². The molecule has 0 bridgehead atoms. The van der Waals surface area contributed by atoms with Gasteiger partial charge >= 0.3 is 18.2 Å². The number of benzene rings is 1. The first-order chi connectivity index (χ1) is 16.6. The van der Waals surface area contributed by atoms with Gasteiger partial charge in [0.1, 0.15) is 18.2 Å². The molecule has 1 aromatic carbocycles. The Hall–Kier alpha value is -3.30. The highest BCUT2D eigenvalue weighted by atomic mass is 16.6. The Morgan fingerprint density at radius 3 is 2.20 bits per heavy atom. The summed E-state index contributed by atoms with van der Waals surface area (Å²) in [7, 11) is 0. The largest absolute Gasteiger partial charge is 0.481 e. The van der Waals surface area contributed by atoms with E-state index < -0.39 is 29.8 Å². The molecule has 1 unspecified atom stereocenters. The lowest BCUT2D eigenvalue weighted by molar-refractivity contribution is -0.137. The van der Waals surface area contributed by atoms with Crippen LogP contribution in [0.4, 0.5) is 9.59 Å². The molecule has 10 heteroatoms. The Bertz CT molecular complexity index is 794. The number of hydrogen-bond donors (Lipinski definition) is 4. The van der Waals surface area contributed by atoms with Crippen molar-refractivity contribution in [2.45, 2.75) is 84.0 Å². The van der Waals surface area contributed by atoms with Gasteiger partial charge in [-0.3, -0.25) is 9.59 Å². The van der Waals surface area contributed by atoms with Crippen LogP contribution in [0.2, 0.25) is 0 Å². The minimum Gasteiger partial charge on any atom is -0.481 e. The molecule has 0 radical (unpaired) electrons. The first-order valence-corrected chi connectivity index (χ1v) is 12.0. The lowest BCUT2D eigenvalue weighted by atomic mass is 10.1. The fourth-order valence-corrected chi connectivity index (χ4v) is 3.07. The molecule has 196 valence electrons. The first-order valence-electron chi connectivity index (χ1n) is 12.0. The van der Waals surface area contributed by atoms with Crippen molar-refractivity contribution in [3.05, 3.63) is 35.9 Å². The minimum atomic E-state index is -0.838. The molecular formula is C25H39N3O7. The smallest absolute Gasteiger partial charge is 0.408 e. The Morgan fingerprint density at radius 1 is 0.886 bits per heavy atom. The molecule has 0 aromatic heterocycles. The highest BCUT2D eigenvalue weighted by Gasteiger charge is 2.23. The van der Waals surface area contributed by atoms with Crippen molar-refractivity contribution in [2.75, 3.05) is 13.1 Å². The summed E-state index contributed by atoms with van der Waals surface area (Å²) < 4.78 is 10.4. The van der Waals surface area contributed by atoms with Crippen molar-refractivity contribution >= 4 is 24.1 Å². The van der Waals surface area contributed by atoms with Gasteiger partial charge in [-0.25, -0.2) is 9.59 Å². The van der Waals surface area contributed by atoms with Crippen LogP contribution in [-0.2, 0) is 25.7 Å².